The molecule has 0 amide bonds. The number of methoxy groups -OCH3 is 1. The molecule has 0 aliphatic carbocycles. The van der Waals surface area contributed by atoms with Gasteiger partial charge in [-0.3, -0.25) is 0 Å². The van der Waals surface area contributed by atoms with Gasteiger partial charge in [-0.1, -0.05) is 67.4 Å². The predicted octanol–water partition coefficient (Wildman–Crippen LogP) is 4.71. The van der Waals surface area contributed by atoms with Crippen molar-refractivity contribution in [2.75, 3.05) is 7.11 Å². The van der Waals surface area contributed by atoms with Gasteiger partial charge in [0.05, 0.1) is 19.4 Å². The molecular weight excluding hydrogens is 416 g/mol. The Morgan fingerprint density at radius 3 is 2.48 bits per heavy atom. The average Bonchev–Trinajstić information content (AvgIpc) is 3.10. The number of benzene rings is 2. The molecule has 0 bridgehead atoms. The number of rotatable bonds is 10. The quantitative estimate of drug-likeness (QED) is 0.460. The van der Waals surface area contributed by atoms with E-state index < -0.39 is 12.1 Å². The summed E-state index contributed by atoms with van der Waals surface area (Å²) in [5.41, 5.74) is 2.34. The molecule has 1 aromatic heterocycles. The number of aliphatic hydroxyl groups excluding tert-OH is 1. The molecule has 0 spiro atoms. The summed E-state index contributed by atoms with van der Waals surface area (Å²) in [7, 11) is 1.34. The lowest BCUT2D eigenvalue weighted by Gasteiger charge is -2.18. The van der Waals surface area contributed by atoms with Gasteiger partial charge in [-0.2, -0.15) is 0 Å². The molecule has 0 saturated carbocycles. The highest BCUT2D eigenvalue weighted by atomic mass is 35.5. The zero-order valence-corrected chi connectivity index (χ0v) is 18.5. The molecule has 2 aromatic carbocycles. The van der Waals surface area contributed by atoms with E-state index >= 15 is 0 Å². The molecule has 0 saturated heterocycles. The number of ether oxygens (including phenoxy) is 2. The van der Waals surface area contributed by atoms with Gasteiger partial charge in [-0.15, -0.1) is 0 Å². The van der Waals surface area contributed by atoms with E-state index in [9.17, 15) is 9.90 Å². The van der Waals surface area contributed by atoms with E-state index in [2.05, 4.69) is 11.9 Å². The summed E-state index contributed by atoms with van der Waals surface area (Å²) in [6, 6.07) is 16.7. The van der Waals surface area contributed by atoms with Crippen molar-refractivity contribution in [2.24, 2.45) is 0 Å². The zero-order chi connectivity index (χ0) is 22.2. The summed E-state index contributed by atoms with van der Waals surface area (Å²) in [5.74, 6) is 0.961. The van der Waals surface area contributed by atoms with Gasteiger partial charge >= 0.3 is 5.97 Å². The number of aryl methyl sites for hydroxylation is 1. The van der Waals surface area contributed by atoms with E-state index in [-0.39, 0.29) is 6.61 Å². The van der Waals surface area contributed by atoms with Gasteiger partial charge in [0, 0.05) is 18.5 Å². The van der Waals surface area contributed by atoms with Gasteiger partial charge in [0.2, 0.25) is 6.10 Å². The first-order valence-corrected chi connectivity index (χ1v) is 10.7. The van der Waals surface area contributed by atoms with E-state index in [4.69, 9.17) is 21.1 Å². The van der Waals surface area contributed by atoms with E-state index in [1.165, 1.54) is 7.11 Å². The Kier molecular flexibility index (Phi) is 8.09. The minimum atomic E-state index is -0.842. The third-order valence-corrected chi connectivity index (χ3v) is 5.34. The molecule has 0 aliphatic rings. The minimum Gasteiger partial charge on any atom is -0.474 e. The van der Waals surface area contributed by atoms with Crippen molar-refractivity contribution >= 4 is 17.6 Å². The number of aliphatic hydroxyl groups is 1. The maximum atomic E-state index is 12.2. The second-order valence-corrected chi connectivity index (χ2v) is 7.55. The molecule has 1 heterocycles. The van der Waals surface area contributed by atoms with E-state index in [1.54, 1.807) is 0 Å². The maximum Gasteiger partial charge on any atom is 0.351 e. The molecule has 6 nitrogen and oxygen atoms in total. The minimum absolute atomic E-state index is 0.170. The van der Waals surface area contributed by atoms with E-state index in [1.807, 2.05) is 59.2 Å². The summed E-state index contributed by atoms with van der Waals surface area (Å²) in [4.78, 5) is 16.7. The predicted molar refractivity (Wildman–Crippen MR) is 119 cm³/mol. The summed E-state index contributed by atoms with van der Waals surface area (Å²) in [6.45, 7) is 2.49. The standard InChI is InChI=1S/C24H27ClN2O4/c1-3-4-10-21-26-23(25)20(16-28)27(21)15-17-11-13-19(14-12-17)31-22(24(29)30-2)18-8-6-5-7-9-18/h5-9,11-14,22,28H,3-4,10,15-16H2,1-2H3. The van der Waals surface area contributed by atoms with Crippen molar-refractivity contribution in [3.63, 3.8) is 0 Å². The summed E-state index contributed by atoms with van der Waals surface area (Å²) < 4.78 is 12.8. The van der Waals surface area contributed by atoms with Crippen molar-refractivity contribution in [1.82, 2.24) is 9.55 Å². The normalized spacial score (nSPS) is 11.9. The molecule has 0 radical (unpaired) electrons. The number of nitrogens with zero attached hydrogens (tertiary/aromatic N) is 2. The topological polar surface area (TPSA) is 73.6 Å². The van der Waals surface area contributed by atoms with Gasteiger partial charge < -0.3 is 19.1 Å². The van der Waals surface area contributed by atoms with Crippen LogP contribution < -0.4 is 4.74 Å². The Bertz CT molecular complexity index is 987. The summed E-state index contributed by atoms with van der Waals surface area (Å²) >= 11 is 6.22. The van der Waals surface area contributed by atoms with Gasteiger partial charge in [0.25, 0.3) is 0 Å². The fourth-order valence-corrected chi connectivity index (χ4v) is 3.61. The van der Waals surface area contributed by atoms with Gasteiger partial charge in [-0.05, 0) is 24.1 Å². The Balaban J connectivity index is 1.78. The molecule has 7 heteroatoms. The van der Waals surface area contributed by atoms with Crippen LogP contribution in [0.25, 0.3) is 0 Å². The molecule has 1 unspecified atom stereocenters. The van der Waals surface area contributed by atoms with Crippen LogP contribution in [0.4, 0.5) is 0 Å². The molecule has 1 N–H and O–H groups in total. The molecule has 31 heavy (non-hydrogen) atoms. The number of esters is 1. The van der Waals surface area contributed by atoms with Crippen LogP contribution >= 0.6 is 11.6 Å². The Morgan fingerprint density at radius 1 is 1.16 bits per heavy atom. The largest absolute Gasteiger partial charge is 0.474 e. The number of aromatic nitrogens is 2. The maximum absolute atomic E-state index is 12.2. The second kappa shape index (κ2) is 11.0. The van der Waals surface area contributed by atoms with Crippen molar-refractivity contribution in [1.29, 1.82) is 0 Å². The number of halogens is 1. The number of carbonyl (C=O) groups excluding carboxylic acids is 1. The Morgan fingerprint density at radius 2 is 1.87 bits per heavy atom. The van der Waals surface area contributed by atoms with Crippen molar-refractivity contribution in [3.8, 4) is 5.75 Å². The number of hydrogen-bond acceptors (Lipinski definition) is 5. The van der Waals surface area contributed by atoms with Crippen LogP contribution in [-0.2, 0) is 29.1 Å². The van der Waals surface area contributed by atoms with Crippen molar-refractivity contribution in [3.05, 3.63) is 82.4 Å². The lowest BCUT2D eigenvalue weighted by Crippen LogP contribution is -2.20. The first-order valence-electron chi connectivity index (χ1n) is 10.3. The van der Waals surface area contributed by atoms with Crippen molar-refractivity contribution in [2.45, 2.75) is 45.4 Å². The van der Waals surface area contributed by atoms with E-state index in [0.717, 1.165) is 36.2 Å². The number of carbonyl (C=O) groups is 1. The monoisotopic (exact) mass is 442 g/mol. The highest BCUT2D eigenvalue weighted by Crippen LogP contribution is 2.25. The van der Waals surface area contributed by atoms with Gasteiger partial charge in [-0.25, -0.2) is 9.78 Å². The van der Waals surface area contributed by atoms with Crippen LogP contribution in [0.3, 0.4) is 0 Å². The van der Waals surface area contributed by atoms with Crippen LogP contribution in [0.15, 0.2) is 54.6 Å². The third-order valence-electron chi connectivity index (χ3n) is 5.04. The Hall–Kier alpha value is -2.83. The van der Waals surface area contributed by atoms with Crippen LogP contribution in [-0.4, -0.2) is 27.7 Å². The molecule has 0 fully saturated rings. The molecule has 3 rings (SSSR count). The first kappa shape index (κ1) is 22.8. The first-order chi connectivity index (χ1) is 15.1. The fourth-order valence-electron chi connectivity index (χ4n) is 3.35. The lowest BCUT2D eigenvalue weighted by atomic mass is 10.1. The van der Waals surface area contributed by atoms with Gasteiger partial charge in [0.1, 0.15) is 11.6 Å². The Labute approximate surface area is 187 Å². The highest BCUT2D eigenvalue weighted by Gasteiger charge is 2.23. The van der Waals surface area contributed by atoms with Crippen LogP contribution in [0.5, 0.6) is 5.75 Å². The summed E-state index contributed by atoms with van der Waals surface area (Å²) in [6.07, 6.45) is 2.01. The third kappa shape index (κ3) is 5.66. The fraction of sp³-hybridized carbons (Fsp3) is 0.333. The SMILES string of the molecule is CCCCc1nc(Cl)c(CO)n1Cc1ccc(OC(C(=O)OC)c2ccccc2)cc1. The molecular formula is C24H27ClN2O4. The second-order valence-electron chi connectivity index (χ2n) is 7.19. The number of hydrogen-bond donors (Lipinski definition) is 1. The van der Waals surface area contributed by atoms with E-state index in [0.29, 0.717) is 23.1 Å². The van der Waals surface area contributed by atoms with Crippen LogP contribution in [0.1, 0.15) is 48.5 Å². The number of unbranched alkanes of at least 4 members (excludes halogenated alkanes) is 1. The zero-order valence-electron chi connectivity index (χ0n) is 17.8. The molecule has 1 atom stereocenters. The average molecular weight is 443 g/mol. The summed E-state index contributed by atoms with van der Waals surface area (Å²) in [5, 5.41) is 10.1. The molecule has 0 aliphatic heterocycles. The van der Waals surface area contributed by atoms with Crippen LogP contribution in [0.2, 0.25) is 5.15 Å². The molecule has 164 valence electrons. The van der Waals surface area contributed by atoms with Crippen LogP contribution in [0, 0.1) is 0 Å². The lowest BCUT2D eigenvalue weighted by molar-refractivity contribution is -0.149. The highest BCUT2D eigenvalue weighted by molar-refractivity contribution is 6.30. The van der Waals surface area contributed by atoms with Gasteiger partial charge in [0.15, 0.2) is 5.15 Å². The molecule has 3 aromatic rings. The van der Waals surface area contributed by atoms with Crippen molar-refractivity contribution < 1.29 is 19.4 Å². The smallest absolute Gasteiger partial charge is 0.351 e. The number of imidazole rings is 1.